The third kappa shape index (κ3) is 3.52. The molecule has 5 nitrogen and oxygen atoms in total. The molecule has 0 aliphatic carbocycles. The number of nitrogens with two attached hydrogens (primary N) is 1. The molecule has 0 aromatic carbocycles. The van der Waals surface area contributed by atoms with Crippen LogP contribution in [0.4, 0.5) is 0 Å². The van der Waals surface area contributed by atoms with E-state index in [-0.39, 0.29) is 4.90 Å². The summed E-state index contributed by atoms with van der Waals surface area (Å²) >= 11 is 0. The average molecular weight is 283 g/mol. The van der Waals surface area contributed by atoms with Gasteiger partial charge in [-0.3, -0.25) is 4.98 Å². The minimum absolute atomic E-state index is 0.269. The van der Waals surface area contributed by atoms with Gasteiger partial charge < -0.3 is 5.73 Å². The molecular weight excluding hydrogens is 262 g/mol. The van der Waals surface area contributed by atoms with E-state index in [2.05, 4.69) is 4.98 Å². The first-order valence-electron chi connectivity index (χ1n) is 6.80. The Bertz CT molecular complexity index is 491. The van der Waals surface area contributed by atoms with Gasteiger partial charge in [0.05, 0.1) is 5.69 Å². The molecule has 106 valence electrons. The summed E-state index contributed by atoms with van der Waals surface area (Å²) in [5.74, 6) is 0. The number of pyridine rings is 1. The summed E-state index contributed by atoms with van der Waals surface area (Å²) in [5.41, 5.74) is 6.17. The lowest BCUT2D eigenvalue weighted by Crippen LogP contribution is -2.33. The van der Waals surface area contributed by atoms with Crippen LogP contribution < -0.4 is 5.73 Å². The van der Waals surface area contributed by atoms with E-state index in [1.165, 1.54) is 12.6 Å². The third-order valence-corrected chi connectivity index (χ3v) is 5.34. The van der Waals surface area contributed by atoms with Crippen LogP contribution in [0.15, 0.2) is 23.2 Å². The standard InChI is InChI=1S/C13H21N3O2S/c14-10-12-6-7-13(11-15-12)19(17,18)16-8-4-2-1-3-5-9-16/h6-7,11H,1-5,8-10,14H2. The summed E-state index contributed by atoms with van der Waals surface area (Å²) in [6, 6.07) is 3.28. The molecule has 1 fully saturated rings. The molecule has 0 bridgehead atoms. The molecule has 2 heterocycles. The molecule has 0 spiro atoms. The van der Waals surface area contributed by atoms with Crippen LogP contribution in [-0.4, -0.2) is 30.8 Å². The van der Waals surface area contributed by atoms with Crippen molar-refractivity contribution in [3.05, 3.63) is 24.0 Å². The average Bonchev–Trinajstić information content (AvgIpc) is 2.38. The molecule has 0 atom stereocenters. The number of nitrogens with zero attached hydrogens (tertiary/aromatic N) is 2. The lowest BCUT2D eigenvalue weighted by atomic mass is 10.1. The maximum absolute atomic E-state index is 12.5. The number of hydrogen-bond acceptors (Lipinski definition) is 4. The molecule has 0 radical (unpaired) electrons. The lowest BCUT2D eigenvalue weighted by molar-refractivity contribution is 0.364. The minimum Gasteiger partial charge on any atom is -0.325 e. The van der Waals surface area contributed by atoms with E-state index in [0.29, 0.717) is 25.3 Å². The van der Waals surface area contributed by atoms with E-state index < -0.39 is 10.0 Å². The zero-order valence-electron chi connectivity index (χ0n) is 11.1. The van der Waals surface area contributed by atoms with Crippen molar-refractivity contribution in [3.63, 3.8) is 0 Å². The molecular formula is C13H21N3O2S. The summed E-state index contributed by atoms with van der Waals surface area (Å²) < 4.78 is 26.6. The van der Waals surface area contributed by atoms with E-state index in [0.717, 1.165) is 25.7 Å². The zero-order valence-corrected chi connectivity index (χ0v) is 11.9. The molecule has 6 heteroatoms. The van der Waals surface area contributed by atoms with Gasteiger partial charge in [0, 0.05) is 25.8 Å². The Kier molecular flexibility index (Phi) is 4.90. The highest BCUT2D eigenvalue weighted by Crippen LogP contribution is 2.19. The van der Waals surface area contributed by atoms with Gasteiger partial charge in [0.2, 0.25) is 10.0 Å². The van der Waals surface area contributed by atoms with Crippen LogP contribution in [0.1, 0.15) is 37.8 Å². The first kappa shape index (κ1) is 14.4. The Balaban J connectivity index is 2.18. The van der Waals surface area contributed by atoms with Crippen molar-refractivity contribution < 1.29 is 8.42 Å². The SMILES string of the molecule is NCc1ccc(S(=O)(=O)N2CCCCCCC2)cn1. The fraction of sp³-hybridized carbons (Fsp3) is 0.615. The van der Waals surface area contributed by atoms with Gasteiger partial charge >= 0.3 is 0 Å². The zero-order chi connectivity index (χ0) is 13.7. The van der Waals surface area contributed by atoms with Crippen molar-refractivity contribution in [1.82, 2.24) is 9.29 Å². The van der Waals surface area contributed by atoms with Crippen molar-refractivity contribution in [2.24, 2.45) is 5.73 Å². The van der Waals surface area contributed by atoms with Crippen molar-refractivity contribution in [2.75, 3.05) is 13.1 Å². The highest BCUT2D eigenvalue weighted by atomic mass is 32.2. The predicted octanol–water partition coefficient (Wildman–Crippen LogP) is 1.50. The first-order valence-corrected chi connectivity index (χ1v) is 8.24. The Labute approximate surface area is 114 Å². The molecule has 2 N–H and O–H groups in total. The van der Waals surface area contributed by atoms with Gasteiger partial charge in [-0.15, -0.1) is 0 Å². The van der Waals surface area contributed by atoms with Gasteiger partial charge in [-0.05, 0) is 25.0 Å². The van der Waals surface area contributed by atoms with E-state index in [9.17, 15) is 8.42 Å². The molecule has 0 amide bonds. The number of hydrogen-bond donors (Lipinski definition) is 1. The van der Waals surface area contributed by atoms with E-state index in [4.69, 9.17) is 5.73 Å². The highest BCUT2D eigenvalue weighted by molar-refractivity contribution is 7.89. The molecule has 0 unspecified atom stereocenters. The second-order valence-corrected chi connectivity index (χ2v) is 6.80. The molecule has 1 aliphatic heterocycles. The highest BCUT2D eigenvalue weighted by Gasteiger charge is 2.24. The number of sulfonamides is 1. The van der Waals surface area contributed by atoms with Crippen LogP contribution in [0.3, 0.4) is 0 Å². The number of aromatic nitrogens is 1. The van der Waals surface area contributed by atoms with E-state index in [1.54, 1.807) is 16.4 Å². The van der Waals surface area contributed by atoms with Crippen LogP contribution in [0.5, 0.6) is 0 Å². The van der Waals surface area contributed by atoms with Gasteiger partial charge in [0.1, 0.15) is 4.90 Å². The van der Waals surface area contributed by atoms with Gasteiger partial charge in [0.25, 0.3) is 0 Å². The summed E-state index contributed by atoms with van der Waals surface area (Å²) in [5, 5.41) is 0. The van der Waals surface area contributed by atoms with Crippen LogP contribution in [0.2, 0.25) is 0 Å². The first-order chi connectivity index (χ1) is 9.14. The number of rotatable bonds is 3. The van der Waals surface area contributed by atoms with Gasteiger partial charge in [-0.2, -0.15) is 4.31 Å². The monoisotopic (exact) mass is 283 g/mol. The molecule has 1 saturated heterocycles. The Morgan fingerprint density at radius 3 is 2.26 bits per heavy atom. The van der Waals surface area contributed by atoms with Crippen LogP contribution in [-0.2, 0) is 16.6 Å². The Morgan fingerprint density at radius 2 is 1.74 bits per heavy atom. The third-order valence-electron chi connectivity index (χ3n) is 3.46. The van der Waals surface area contributed by atoms with Crippen LogP contribution in [0, 0.1) is 0 Å². The maximum Gasteiger partial charge on any atom is 0.244 e. The van der Waals surface area contributed by atoms with Gasteiger partial charge in [-0.1, -0.05) is 19.3 Å². The quantitative estimate of drug-likeness (QED) is 0.912. The molecule has 2 rings (SSSR count). The molecule has 19 heavy (non-hydrogen) atoms. The fourth-order valence-electron chi connectivity index (χ4n) is 2.29. The van der Waals surface area contributed by atoms with E-state index >= 15 is 0 Å². The lowest BCUT2D eigenvalue weighted by Gasteiger charge is -2.24. The van der Waals surface area contributed by atoms with Crippen LogP contribution >= 0.6 is 0 Å². The Hall–Kier alpha value is -0.980. The molecule has 1 aliphatic rings. The minimum atomic E-state index is -3.40. The van der Waals surface area contributed by atoms with Crippen LogP contribution in [0.25, 0.3) is 0 Å². The van der Waals surface area contributed by atoms with E-state index in [1.807, 2.05) is 0 Å². The summed E-state index contributed by atoms with van der Waals surface area (Å²) in [4.78, 5) is 4.34. The topological polar surface area (TPSA) is 76.3 Å². The summed E-state index contributed by atoms with van der Waals surface area (Å²) in [6.07, 6.45) is 6.71. The van der Waals surface area contributed by atoms with Crippen molar-refractivity contribution in [2.45, 2.75) is 43.5 Å². The van der Waals surface area contributed by atoms with Crippen molar-refractivity contribution >= 4 is 10.0 Å². The van der Waals surface area contributed by atoms with Gasteiger partial charge in [-0.25, -0.2) is 8.42 Å². The second kappa shape index (κ2) is 6.45. The Morgan fingerprint density at radius 1 is 1.11 bits per heavy atom. The van der Waals surface area contributed by atoms with Gasteiger partial charge in [0.15, 0.2) is 0 Å². The fourth-order valence-corrected chi connectivity index (χ4v) is 3.76. The molecule has 1 aromatic rings. The predicted molar refractivity (Wildman–Crippen MR) is 74.0 cm³/mol. The van der Waals surface area contributed by atoms with Crippen molar-refractivity contribution in [1.29, 1.82) is 0 Å². The van der Waals surface area contributed by atoms with Crippen molar-refractivity contribution in [3.8, 4) is 0 Å². The summed E-state index contributed by atoms with van der Waals surface area (Å²) in [7, 11) is -3.40. The second-order valence-electron chi connectivity index (χ2n) is 4.86. The normalized spacial score (nSPS) is 18.8. The molecule has 1 aromatic heterocycles. The summed E-state index contributed by atoms with van der Waals surface area (Å²) in [6.45, 7) is 1.55. The maximum atomic E-state index is 12.5. The molecule has 0 saturated carbocycles. The smallest absolute Gasteiger partial charge is 0.244 e. The largest absolute Gasteiger partial charge is 0.325 e.